The molecule has 0 aliphatic carbocycles. The van der Waals surface area contributed by atoms with E-state index in [4.69, 9.17) is 9.47 Å². The van der Waals surface area contributed by atoms with Crippen molar-refractivity contribution in [2.45, 2.75) is 9.79 Å². The molecule has 0 saturated carbocycles. The van der Waals surface area contributed by atoms with E-state index in [0.717, 1.165) is 4.90 Å². The van der Waals surface area contributed by atoms with Gasteiger partial charge in [-0.15, -0.1) is 11.8 Å². The predicted octanol–water partition coefficient (Wildman–Crippen LogP) is 3.23. The molecule has 0 amide bonds. The van der Waals surface area contributed by atoms with E-state index in [1.54, 1.807) is 43.1 Å². The molecule has 0 aliphatic rings. The second-order valence-corrected chi connectivity index (χ2v) is 7.21. The Labute approximate surface area is 141 Å². The van der Waals surface area contributed by atoms with Crippen LogP contribution in [-0.4, -0.2) is 35.0 Å². The molecule has 2 aromatic rings. The lowest BCUT2D eigenvalue weighted by molar-refractivity contribution is 0.146. The van der Waals surface area contributed by atoms with E-state index in [0.29, 0.717) is 24.7 Å². The van der Waals surface area contributed by atoms with Gasteiger partial charge in [0.05, 0.1) is 11.5 Å². The summed E-state index contributed by atoms with van der Waals surface area (Å²) in [4.78, 5) is 1.26. The van der Waals surface area contributed by atoms with Crippen molar-refractivity contribution in [3.63, 3.8) is 0 Å². The van der Waals surface area contributed by atoms with Gasteiger partial charge in [0, 0.05) is 17.7 Å². The highest BCUT2D eigenvalue weighted by Crippen LogP contribution is 2.21. The second-order valence-electron chi connectivity index (χ2n) is 4.65. The highest BCUT2D eigenvalue weighted by Gasteiger charge is 2.14. The van der Waals surface area contributed by atoms with Crippen LogP contribution in [0.3, 0.4) is 0 Å². The molecule has 0 bridgehead atoms. The Morgan fingerprint density at radius 2 is 1.65 bits per heavy atom. The molecule has 5 nitrogen and oxygen atoms in total. The van der Waals surface area contributed by atoms with Crippen molar-refractivity contribution in [2.75, 3.05) is 31.3 Å². The molecule has 0 unspecified atom stereocenters. The van der Waals surface area contributed by atoms with E-state index in [9.17, 15) is 8.42 Å². The van der Waals surface area contributed by atoms with E-state index in [-0.39, 0.29) is 4.90 Å². The molecule has 1 N–H and O–H groups in total. The summed E-state index contributed by atoms with van der Waals surface area (Å²) < 4.78 is 37.6. The first kappa shape index (κ1) is 17.7. The third-order valence-electron chi connectivity index (χ3n) is 3.03. The summed E-state index contributed by atoms with van der Waals surface area (Å²) >= 11 is 1.60. The normalized spacial score (nSPS) is 11.2. The molecule has 124 valence electrons. The van der Waals surface area contributed by atoms with Gasteiger partial charge < -0.3 is 9.47 Å². The van der Waals surface area contributed by atoms with Crippen molar-refractivity contribution in [3.8, 4) is 5.75 Å². The zero-order chi connectivity index (χ0) is 16.7. The molecule has 0 saturated heterocycles. The Morgan fingerprint density at radius 3 is 2.22 bits per heavy atom. The van der Waals surface area contributed by atoms with Gasteiger partial charge in [-0.2, -0.15) is 0 Å². The lowest BCUT2D eigenvalue weighted by Crippen LogP contribution is -2.13. The number of hydrogen-bond acceptors (Lipinski definition) is 5. The first-order chi connectivity index (χ1) is 11.0. The van der Waals surface area contributed by atoms with E-state index < -0.39 is 10.0 Å². The minimum absolute atomic E-state index is 0.186. The van der Waals surface area contributed by atoms with Crippen LogP contribution in [0.2, 0.25) is 0 Å². The highest BCUT2D eigenvalue weighted by atomic mass is 32.2. The van der Waals surface area contributed by atoms with Gasteiger partial charge in [-0.1, -0.05) is 0 Å². The van der Waals surface area contributed by atoms with Crippen LogP contribution >= 0.6 is 11.8 Å². The molecule has 23 heavy (non-hydrogen) atoms. The predicted molar refractivity (Wildman–Crippen MR) is 92.8 cm³/mol. The van der Waals surface area contributed by atoms with Gasteiger partial charge in [-0.05, 0) is 54.8 Å². The van der Waals surface area contributed by atoms with Gasteiger partial charge in [0.25, 0.3) is 10.0 Å². The Balaban J connectivity index is 2.06. The lowest BCUT2D eigenvalue weighted by atomic mass is 10.3. The van der Waals surface area contributed by atoms with Gasteiger partial charge in [0.15, 0.2) is 0 Å². The SMILES string of the molecule is COCCOc1ccc(S(=O)(=O)Nc2ccc(SC)cc2)cc1. The average molecular weight is 353 g/mol. The van der Waals surface area contributed by atoms with Crippen LogP contribution in [-0.2, 0) is 14.8 Å². The van der Waals surface area contributed by atoms with Crippen LogP contribution in [0.1, 0.15) is 0 Å². The standard InChI is InChI=1S/C16H19NO4S2/c1-20-11-12-21-14-5-9-16(10-6-14)23(18,19)17-13-3-7-15(22-2)8-4-13/h3-10,17H,11-12H2,1-2H3. The van der Waals surface area contributed by atoms with Crippen molar-refractivity contribution < 1.29 is 17.9 Å². The van der Waals surface area contributed by atoms with Crippen molar-refractivity contribution in [1.82, 2.24) is 0 Å². The molecular formula is C16H19NO4S2. The average Bonchev–Trinajstić information content (AvgIpc) is 2.56. The van der Waals surface area contributed by atoms with Gasteiger partial charge in [0.2, 0.25) is 0 Å². The molecule has 2 rings (SSSR count). The third-order valence-corrected chi connectivity index (χ3v) is 5.17. The molecule has 0 heterocycles. The molecule has 0 fully saturated rings. The first-order valence-corrected chi connectivity index (χ1v) is 9.64. The Hall–Kier alpha value is -1.70. The number of hydrogen-bond donors (Lipinski definition) is 1. The minimum atomic E-state index is -3.61. The quantitative estimate of drug-likeness (QED) is 0.583. The molecule has 0 aliphatic heterocycles. The Bertz CT molecular complexity index is 713. The number of sulfonamides is 1. The lowest BCUT2D eigenvalue weighted by Gasteiger charge is -2.10. The van der Waals surface area contributed by atoms with Gasteiger partial charge in [0.1, 0.15) is 12.4 Å². The molecule has 0 atom stereocenters. The fourth-order valence-electron chi connectivity index (χ4n) is 1.83. The molecule has 0 radical (unpaired) electrons. The maximum atomic E-state index is 12.4. The van der Waals surface area contributed by atoms with Crippen LogP contribution in [0.15, 0.2) is 58.3 Å². The van der Waals surface area contributed by atoms with E-state index in [1.165, 1.54) is 12.1 Å². The summed E-state index contributed by atoms with van der Waals surface area (Å²) in [6, 6.07) is 13.5. The zero-order valence-electron chi connectivity index (χ0n) is 13.0. The number of rotatable bonds is 8. The number of anilines is 1. The van der Waals surface area contributed by atoms with Crippen molar-refractivity contribution >= 4 is 27.5 Å². The monoisotopic (exact) mass is 353 g/mol. The maximum Gasteiger partial charge on any atom is 0.261 e. The van der Waals surface area contributed by atoms with Crippen LogP contribution in [0.5, 0.6) is 5.75 Å². The largest absolute Gasteiger partial charge is 0.491 e. The smallest absolute Gasteiger partial charge is 0.261 e. The fourth-order valence-corrected chi connectivity index (χ4v) is 3.30. The number of ether oxygens (including phenoxy) is 2. The molecule has 0 aromatic heterocycles. The van der Waals surface area contributed by atoms with Crippen LogP contribution < -0.4 is 9.46 Å². The summed E-state index contributed by atoms with van der Waals surface area (Å²) in [6.45, 7) is 0.899. The number of methoxy groups -OCH3 is 1. The van der Waals surface area contributed by atoms with Gasteiger partial charge in [-0.3, -0.25) is 4.72 Å². The van der Waals surface area contributed by atoms with Crippen molar-refractivity contribution in [2.24, 2.45) is 0 Å². The first-order valence-electron chi connectivity index (χ1n) is 6.94. The van der Waals surface area contributed by atoms with E-state index >= 15 is 0 Å². The van der Waals surface area contributed by atoms with E-state index in [1.807, 2.05) is 18.4 Å². The van der Waals surface area contributed by atoms with Crippen molar-refractivity contribution in [1.29, 1.82) is 0 Å². The second kappa shape index (κ2) is 8.24. The molecule has 7 heteroatoms. The van der Waals surface area contributed by atoms with Gasteiger partial charge >= 0.3 is 0 Å². The molecule has 0 spiro atoms. The minimum Gasteiger partial charge on any atom is -0.491 e. The number of thioether (sulfide) groups is 1. The number of nitrogens with one attached hydrogen (secondary N) is 1. The summed E-state index contributed by atoms with van der Waals surface area (Å²) in [5.41, 5.74) is 0.531. The third kappa shape index (κ3) is 5.16. The van der Waals surface area contributed by atoms with Crippen LogP contribution in [0.25, 0.3) is 0 Å². The molecule has 2 aromatic carbocycles. The topological polar surface area (TPSA) is 64.6 Å². The highest BCUT2D eigenvalue weighted by molar-refractivity contribution is 7.98. The Kier molecular flexibility index (Phi) is 6.32. The summed E-state index contributed by atoms with van der Waals surface area (Å²) in [5.74, 6) is 0.602. The summed E-state index contributed by atoms with van der Waals surface area (Å²) in [5, 5.41) is 0. The Morgan fingerprint density at radius 1 is 1.00 bits per heavy atom. The zero-order valence-corrected chi connectivity index (χ0v) is 14.6. The fraction of sp³-hybridized carbons (Fsp3) is 0.250. The number of benzene rings is 2. The van der Waals surface area contributed by atoms with Crippen LogP contribution in [0, 0.1) is 0 Å². The van der Waals surface area contributed by atoms with E-state index in [2.05, 4.69) is 4.72 Å². The maximum absolute atomic E-state index is 12.4. The van der Waals surface area contributed by atoms with Crippen LogP contribution in [0.4, 0.5) is 5.69 Å². The summed E-state index contributed by atoms with van der Waals surface area (Å²) in [7, 11) is -2.02. The van der Waals surface area contributed by atoms with Gasteiger partial charge in [-0.25, -0.2) is 8.42 Å². The molecular weight excluding hydrogens is 334 g/mol. The van der Waals surface area contributed by atoms with Crippen molar-refractivity contribution in [3.05, 3.63) is 48.5 Å². The summed E-state index contributed by atoms with van der Waals surface area (Å²) in [6.07, 6.45) is 1.97.